The van der Waals surface area contributed by atoms with E-state index in [1.807, 2.05) is 0 Å². The quantitative estimate of drug-likeness (QED) is 0.660. The van der Waals surface area contributed by atoms with E-state index in [9.17, 15) is 5.11 Å². The molecule has 0 aromatic carbocycles. The lowest BCUT2D eigenvalue weighted by atomic mass is 9.84. The second kappa shape index (κ2) is 3.35. The molecule has 1 fully saturated rings. The van der Waals surface area contributed by atoms with Crippen LogP contribution in [-0.4, -0.2) is 23.8 Å². The van der Waals surface area contributed by atoms with Gasteiger partial charge in [0.05, 0.1) is 5.60 Å². The maximum absolute atomic E-state index is 9.99. The number of hydrogen-bond acceptors (Lipinski definition) is 2. The lowest BCUT2D eigenvalue weighted by Crippen LogP contribution is -2.32. The van der Waals surface area contributed by atoms with Gasteiger partial charge in [0.15, 0.2) is 0 Å². The van der Waals surface area contributed by atoms with Crippen LogP contribution in [0.2, 0.25) is 0 Å². The number of rotatable bonds is 2. The van der Waals surface area contributed by atoms with Gasteiger partial charge in [0, 0.05) is 6.54 Å². The van der Waals surface area contributed by atoms with Crippen LogP contribution in [0.25, 0.3) is 0 Å². The highest BCUT2D eigenvalue weighted by Crippen LogP contribution is 2.28. The number of β-amino-alcohol motifs (C(OH)–C–C–N with tert-alkyl or cyclic N) is 1. The van der Waals surface area contributed by atoms with E-state index in [1.165, 1.54) is 0 Å². The molecule has 1 aliphatic rings. The predicted octanol–water partition coefficient (Wildman–Crippen LogP) is 1.54. The molecule has 0 amide bonds. The van der Waals surface area contributed by atoms with Gasteiger partial charge >= 0.3 is 0 Å². The van der Waals surface area contributed by atoms with Crippen LogP contribution in [-0.2, 0) is 0 Å². The fourth-order valence-corrected chi connectivity index (χ4v) is 1.55. The fourth-order valence-electron chi connectivity index (χ4n) is 1.55. The van der Waals surface area contributed by atoms with Crippen molar-refractivity contribution < 1.29 is 5.11 Å². The minimum absolute atomic E-state index is 0.346. The van der Waals surface area contributed by atoms with E-state index in [1.54, 1.807) is 0 Å². The van der Waals surface area contributed by atoms with Crippen molar-refractivity contribution in [1.82, 2.24) is 5.32 Å². The predicted molar refractivity (Wildman–Crippen MR) is 51.1 cm³/mol. The van der Waals surface area contributed by atoms with Crippen molar-refractivity contribution in [3.8, 4) is 0 Å². The molecule has 2 N–H and O–H groups in total. The summed E-state index contributed by atoms with van der Waals surface area (Å²) in [5, 5.41) is 13.2. The normalized spacial score (nSPS) is 31.0. The molecule has 12 heavy (non-hydrogen) atoms. The largest absolute Gasteiger partial charge is 0.389 e. The molecule has 1 heterocycles. The van der Waals surface area contributed by atoms with Crippen molar-refractivity contribution in [2.24, 2.45) is 5.41 Å². The lowest BCUT2D eigenvalue weighted by molar-refractivity contribution is 0.0407. The Balaban J connectivity index is 2.30. The summed E-state index contributed by atoms with van der Waals surface area (Å²) in [5.74, 6) is 0. The van der Waals surface area contributed by atoms with Gasteiger partial charge in [-0.3, -0.25) is 0 Å². The third-order valence-electron chi connectivity index (χ3n) is 2.56. The first-order valence-electron chi connectivity index (χ1n) is 4.84. The van der Waals surface area contributed by atoms with Crippen molar-refractivity contribution in [3.05, 3.63) is 0 Å². The second-order valence-electron chi connectivity index (χ2n) is 5.21. The van der Waals surface area contributed by atoms with Gasteiger partial charge in [0.25, 0.3) is 0 Å². The molecule has 0 saturated carbocycles. The number of aliphatic hydroxyl groups is 1. The Morgan fingerprint density at radius 3 is 2.50 bits per heavy atom. The highest BCUT2D eigenvalue weighted by molar-refractivity contribution is 4.88. The van der Waals surface area contributed by atoms with Crippen LogP contribution < -0.4 is 5.32 Å². The summed E-state index contributed by atoms with van der Waals surface area (Å²) in [5.41, 5.74) is -0.0639. The van der Waals surface area contributed by atoms with Crippen molar-refractivity contribution in [2.45, 2.75) is 45.6 Å². The van der Waals surface area contributed by atoms with E-state index in [-0.39, 0.29) is 0 Å². The Labute approximate surface area is 75.4 Å². The molecule has 0 aliphatic carbocycles. The van der Waals surface area contributed by atoms with Crippen LogP contribution in [0.3, 0.4) is 0 Å². The van der Waals surface area contributed by atoms with Gasteiger partial charge in [-0.15, -0.1) is 0 Å². The maximum Gasteiger partial charge on any atom is 0.0783 e. The summed E-state index contributed by atoms with van der Waals surface area (Å²) in [6.45, 7) is 8.42. The Bertz CT molecular complexity index is 142. The standard InChI is InChI=1S/C10H21NO/c1-9(2,3)4-5-10(12)6-7-11-8-10/h11-12H,4-8H2,1-3H3. The molecule has 2 nitrogen and oxygen atoms in total. The molecule has 1 unspecified atom stereocenters. The second-order valence-corrected chi connectivity index (χ2v) is 5.21. The van der Waals surface area contributed by atoms with Gasteiger partial charge in [0.1, 0.15) is 0 Å². The lowest BCUT2D eigenvalue weighted by Gasteiger charge is -2.26. The number of nitrogens with one attached hydrogen (secondary N) is 1. The first-order valence-corrected chi connectivity index (χ1v) is 4.84. The third-order valence-corrected chi connectivity index (χ3v) is 2.56. The zero-order valence-electron chi connectivity index (χ0n) is 8.48. The summed E-state index contributed by atoms with van der Waals surface area (Å²) < 4.78 is 0. The van der Waals surface area contributed by atoms with Crippen molar-refractivity contribution >= 4 is 0 Å². The van der Waals surface area contributed by atoms with Gasteiger partial charge < -0.3 is 10.4 Å². The maximum atomic E-state index is 9.99. The van der Waals surface area contributed by atoms with Gasteiger partial charge in [-0.1, -0.05) is 20.8 Å². The Morgan fingerprint density at radius 1 is 1.42 bits per heavy atom. The molecule has 0 spiro atoms. The molecule has 1 saturated heterocycles. The molecular weight excluding hydrogens is 150 g/mol. The van der Waals surface area contributed by atoms with E-state index in [0.717, 1.165) is 32.4 Å². The summed E-state index contributed by atoms with van der Waals surface area (Å²) in [7, 11) is 0. The molecule has 0 aromatic rings. The monoisotopic (exact) mass is 171 g/mol. The molecular formula is C10H21NO. The third kappa shape index (κ3) is 3.11. The highest BCUT2D eigenvalue weighted by Gasteiger charge is 2.31. The van der Waals surface area contributed by atoms with E-state index in [4.69, 9.17) is 0 Å². The van der Waals surface area contributed by atoms with E-state index < -0.39 is 5.60 Å². The summed E-state index contributed by atoms with van der Waals surface area (Å²) in [6.07, 6.45) is 2.96. The van der Waals surface area contributed by atoms with Crippen molar-refractivity contribution in [1.29, 1.82) is 0 Å². The van der Waals surface area contributed by atoms with Crippen molar-refractivity contribution in [3.63, 3.8) is 0 Å². The van der Waals surface area contributed by atoms with Gasteiger partial charge in [0.2, 0.25) is 0 Å². The van der Waals surface area contributed by atoms with Crippen molar-refractivity contribution in [2.75, 3.05) is 13.1 Å². The van der Waals surface area contributed by atoms with Crippen LogP contribution in [0.15, 0.2) is 0 Å². The number of hydrogen-bond donors (Lipinski definition) is 2. The SMILES string of the molecule is CC(C)(C)CCC1(O)CCNC1. The van der Waals surface area contributed by atoms with Crippen LogP contribution in [0.4, 0.5) is 0 Å². The molecule has 1 aliphatic heterocycles. The van der Waals surface area contributed by atoms with Gasteiger partial charge in [-0.25, -0.2) is 0 Å². The zero-order chi connectivity index (χ0) is 9.24. The topological polar surface area (TPSA) is 32.3 Å². The minimum Gasteiger partial charge on any atom is -0.389 e. The van der Waals surface area contributed by atoms with Crippen LogP contribution >= 0.6 is 0 Å². The first kappa shape index (κ1) is 10.0. The molecule has 2 heteroatoms. The van der Waals surface area contributed by atoms with Gasteiger partial charge in [-0.2, -0.15) is 0 Å². The molecule has 0 aromatic heterocycles. The summed E-state index contributed by atoms with van der Waals surface area (Å²) >= 11 is 0. The van der Waals surface area contributed by atoms with Crippen LogP contribution in [0.1, 0.15) is 40.0 Å². The molecule has 72 valence electrons. The Hall–Kier alpha value is -0.0800. The van der Waals surface area contributed by atoms with E-state index in [2.05, 4.69) is 26.1 Å². The van der Waals surface area contributed by atoms with Crippen LogP contribution in [0, 0.1) is 5.41 Å². The smallest absolute Gasteiger partial charge is 0.0783 e. The molecule has 1 rings (SSSR count). The van der Waals surface area contributed by atoms with Gasteiger partial charge in [-0.05, 0) is 31.2 Å². The average molecular weight is 171 g/mol. The molecule has 1 atom stereocenters. The van der Waals surface area contributed by atoms with E-state index >= 15 is 0 Å². The average Bonchev–Trinajstić information content (AvgIpc) is 2.32. The summed E-state index contributed by atoms with van der Waals surface area (Å²) in [6, 6.07) is 0. The fraction of sp³-hybridized carbons (Fsp3) is 1.00. The Kier molecular flexibility index (Phi) is 2.79. The zero-order valence-corrected chi connectivity index (χ0v) is 8.48. The van der Waals surface area contributed by atoms with E-state index in [0.29, 0.717) is 5.41 Å². The minimum atomic E-state index is -0.409. The van der Waals surface area contributed by atoms with Crippen LogP contribution in [0.5, 0.6) is 0 Å². The highest BCUT2D eigenvalue weighted by atomic mass is 16.3. The molecule has 0 radical (unpaired) electrons. The molecule has 0 bridgehead atoms. The Morgan fingerprint density at radius 2 is 2.08 bits per heavy atom. The summed E-state index contributed by atoms with van der Waals surface area (Å²) in [4.78, 5) is 0. The first-order chi connectivity index (χ1) is 5.41.